The predicted octanol–water partition coefficient (Wildman–Crippen LogP) is 6.08. The van der Waals surface area contributed by atoms with Crippen LogP contribution in [0.5, 0.6) is 0 Å². The summed E-state index contributed by atoms with van der Waals surface area (Å²) < 4.78 is 10.2. The molecule has 3 rings (SSSR count). The number of esters is 1. The highest BCUT2D eigenvalue weighted by atomic mass is 32.2. The van der Waals surface area contributed by atoms with E-state index in [4.69, 9.17) is 4.74 Å². The molecule has 0 saturated heterocycles. The van der Waals surface area contributed by atoms with Gasteiger partial charge in [-0.05, 0) is 71.5 Å². The first-order valence-electron chi connectivity index (χ1n) is 10.9. The average Bonchev–Trinajstić information content (AvgIpc) is 3.22. The minimum absolute atomic E-state index is 0.0352. The fourth-order valence-corrected chi connectivity index (χ4v) is 5.80. The number of aliphatic hydroxyl groups excluding tert-OH is 2. The molecule has 0 radical (unpaired) electrons. The topological polar surface area (TPSA) is 79.7 Å². The van der Waals surface area contributed by atoms with Crippen LogP contribution in [0.25, 0.3) is 0 Å². The second-order valence-electron chi connectivity index (χ2n) is 9.83. The molecule has 1 aliphatic rings. The molecule has 0 spiro atoms. The quantitative estimate of drug-likeness (QED) is 0.473. The molecule has 2 N–H and O–H groups in total. The van der Waals surface area contributed by atoms with Crippen LogP contribution in [0.3, 0.4) is 0 Å². The molecule has 5 nitrogen and oxygen atoms in total. The van der Waals surface area contributed by atoms with Gasteiger partial charge in [-0.3, -0.25) is 0 Å². The molecular weight excluding hydrogens is 442 g/mol. The molecule has 2 heterocycles. The Morgan fingerprint density at radius 2 is 2.03 bits per heavy atom. The number of rotatable bonds is 7. The van der Waals surface area contributed by atoms with E-state index >= 15 is 0 Å². The van der Waals surface area contributed by atoms with Gasteiger partial charge in [-0.2, -0.15) is 0 Å². The standard InChI is InChI=1S/C25H33NO4S2/c1-15(2)25(9-7-18-8-10-26-32-18)13-20(28)22(23(29)30-25)31-21-11-16(3)17(14-27)12-19(21)24(4,5)6/h8,10-12,15,27-28H,7,9,13-14H2,1-6H3. The van der Waals surface area contributed by atoms with Crippen molar-refractivity contribution in [2.75, 3.05) is 0 Å². The smallest absolute Gasteiger partial charge is 0.349 e. The largest absolute Gasteiger partial charge is 0.511 e. The number of benzene rings is 1. The van der Waals surface area contributed by atoms with Crippen molar-refractivity contribution in [3.05, 3.63) is 56.6 Å². The molecule has 32 heavy (non-hydrogen) atoms. The summed E-state index contributed by atoms with van der Waals surface area (Å²) in [4.78, 5) is 15.4. The lowest BCUT2D eigenvalue weighted by atomic mass is 9.80. The molecule has 174 valence electrons. The Kier molecular flexibility index (Phi) is 7.42. The number of aliphatic hydroxyl groups is 2. The zero-order chi connectivity index (χ0) is 23.7. The molecule has 0 aliphatic carbocycles. The van der Waals surface area contributed by atoms with Gasteiger partial charge in [0.1, 0.15) is 16.3 Å². The zero-order valence-electron chi connectivity index (χ0n) is 19.7. The third-order valence-corrected chi connectivity index (χ3v) is 8.14. The number of cyclic esters (lactones) is 1. The summed E-state index contributed by atoms with van der Waals surface area (Å²) in [6.45, 7) is 12.3. The SMILES string of the molecule is Cc1cc(SC2=C(O)CC(CCc3ccns3)(C(C)C)OC2=O)c(C(C)(C)C)cc1CO. The molecular formula is C25H33NO4S2. The molecule has 1 aromatic heterocycles. The summed E-state index contributed by atoms with van der Waals surface area (Å²) in [5.41, 5.74) is 1.92. The molecule has 1 aromatic carbocycles. The Labute approximate surface area is 199 Å². The number of nitrogens with zero attached hydrogens (tertiary/aromatic N) is 1. The van der Waals surface area contributed by atoms with Gasteiger partial charge in [0.2, 0.25) is 0 Å². The molecule has 2 aromatic rings. The third kappa shape index (κ3) is 5.21. The van der Waals surface area contributed by atoms with Crippen LogP contribution in [0.4, 0.5) is 0 Å². The molecule has 0 fully saturated rings. The number of hydrogen-bond donors (Lipinski definition) is 2. The fraction of sp³-hybridized carbons (Fsp3) is 0.520. The Bertz CT molecular complexity index is 1010. The number of thioether (sulfide) groups is 1. The third-order valence-electron chi connectivity index (χ3n) is 6.18. The number of carbonyl (C=O) groups is 1. The van der Waals surface area contributed by atoms with Gasteiger partial charge in [0.15, 0.2) is 0 Å². The maximum absolute atomic E-state index is 13.1. The van der Waals surface area contributed by atoms with E-state index < -0.39 is 11.6 Å². The van der Waals surface area contributed by atoms with Gasteiger partial charge in [0.05, 0.1) is 6.61 Å². The number of aromatic nitrogens is 1. The van der Waals surface area contributed by atoms with Crippen molar-refractivity contribution in [1.82, 2.24) is 4.37 Å². The van der Waals surface area contributed by atoms with Crippen molar-refractivity contribution in [3.8, 4) is 0 Å². The molecule has 1 aliphatic heterocycles. The lowest BCUT2D eigenvalue weighted by molar-refractivity contribution is -0.164. The Hall–Kier alpha value is -1.83. The normalized spacial score (nSPS) is 19.6. The van der Waals surface area contributed by atoms with Crippen molar-refractivity contribution in [2.45, 2.75) is 83.3 Å². The summed E-state index contributed by atoms with van der Waals surface area (Å²) >= 11 is 2.71. The molecule has 0 saturated carbocycles. The lowest BCUT2D eigenvalue weighted by Gasteiger charge is -2.40. The van der Waals surface area contributed by atoms with Gasteiger partial charge in [-0.15, -0.1) is 0 Å². The van der Waals surface area contributed by atoms with Crippen molar-refractivity contribution in [2.24, 2.45) is 5.92 Å². The number of ether oxygens (including phenoxy) is 1. The van der Waals surface area contributed by atoms with E-state index in [0.29, 0.717) is 12.8 Å². The van der Waals surface area contributed by atoms with Crippen molar-refractivity contribution in [1.29, 1.82) is 0 Å². The van der Waals surface area contributed by atoms with Crippen molar-refractivity contribution >= 4 is 29.3 Å². The lowest BCUT2D eigenvalue weighted by Crippen LogP contribution is -2.44. The van der Waals surface area contributed by atoms with Crippen LogP contribution >= 0.6 is 23.3 Å². The first-order valence-corrected chi connectivity index (χ1v) is 12.5. The van der Waals surface area contributed by atoms with Crippen LogP contribution in [0, 0.1) is 12.8 Å². The van der Waals surface area contributed by atoms with Gasteiger partial charge >= 0.3 is 5.97 Å². The highest BCUT2D eigenvalue weighted by molar-refractivity contribution is 8.04. The number of hydrogen-bond acceptors (Lipinski definition) is 7. The predicted molar refractivity (Wildman–Crippen MR) is 130 cm³/mol. The summed E-state index contributed by atoms with van der Waals surface area (Å²) in [6.07, 6.45) is 3.47. The van der Waals surface area contributed by atoms with Crippen LogP contribution in [-0.2, 0) is 28.0 Å². The second kappa shape index (κ2) is 9.57. The van der Waals surface area contributed by atoms with Crippen LogP contribution in [-0.4, -0.2) is 26.2 Å². The molecule has 0 bridgehead atoms. The molecule has 7 heteroatoms. The van der Waals surface area contributed by atoms with Gasteiger partial charge < -0.3 is 14.9 Å². The summed E-state index contributed by atoms with van der Waals surface area (Å²) in [6, 6.07) is 5.96. The zero-order valence-corrected chi connectivity index (χ0v) is 21.3. The monoisotopic (exact) mass is 475 g/mol. The maximum Gasteiger partial charge on any atom is 0.349 e. The van der Waals surface area contributed by atoms with Gasteiger partial charge in [-0.1, -0.05) is 52.4 Å². The number of carbonyl (C=O) groups excluding carboxylic acids is 1. The van der Waals surface area contributed by atoms with E-state index in [1.165, 1.54) is 23.3 Å². The fourth-order valence-electron chi connectivity index (χ4n) is 3.98. The molecule has 1 atom stereocenters. The van der Waals surface area contributed by atoms with Crippen LogP contribution < -0.4 is 0 Å². The Balaban J connectivity index is 1.93. The van der Waals surface area contributed by atoms with Crippen LogP contribution in [0.2, 0.25) is 0 Å². The van der Waals surface area contributed by atoms with E-state index in [1.807, 2.05) is 39.0 Å². The molecule has 0 amide bonds. The summed E-state index contributed by atoms with van der Waals surface area (Å²) in [7, 11) is 0. The van der Waals surface area contributed by atoms with Gasteiger partial charge in [0.25, 0.3) is 0 Å². The number of aryl methyl sites for hydroxylation is 2. The van der Waals surface area contributed by atoms with E-state index in [9.17, 15) is 15.0 Å². The first kappa shape index (κ1) is 24.8. The second-order valence-corrected chi connectivity index (χ2v) is 11.8. The minimum atomic E-state index is -0.737. The van der Waals surface area contributed by atoms with Crippen molar-refractivity contribution in [3.63, 3.8) is 0 Å². The summed E-state index contributed by atoms with van der Waals surface area (Å²) in [5, 5.41) is 20.7. The minimum Gasteiger partial charge on any atom is -0.511 e. The van der Waals surface area contributed by atoms with E-state index in [2.05, 4.69) is 25.1 Å². The Morgan fingerprint density at radius 1 is 1.31 bits per heavy atom. The summed E-state index contributed by atoms with van der Waals surface area (Å²) in [5.74, 6) is -0.321. The van der Waals surface area contributed by atoms with E-state index in [1.54, 1.807) is 6.20 Å². The Morgan fingerprint density at radius 3 is 2.56 bits per heavy atom. The molecule has 1 unspecified atom stereocenters. The van der Waals surface area contributed by atoms with Gasteiger partial charge in [-0.25, -0.2) is 9.17 Å². The first-order chi connectivity index (χ1) is 15.0. The van der Waals surface area contributed by atoms with Crippen molar-refractivity contribution < 1.29 is 19.7 Å². The average molecular weight is 476 g/mol. The maximum atomic E-state index is 13.1. The highest BCUT2D eigenvalue weighted by Crippen LogP contribution is 2.45. The van der Waals surface area contributed by atoms with Gasteiger partial charge in [0, 0.05) is 22.4 Å². The van der Waals surface area contributed by atoms with E-state index in [-0.39, 0.29) is 28.6 Å². The van der Waals surface area contributed by atoms with Crippen LogP contribution in [0.1, 0.15) is 69.0 Å². The van der Waals surface area contributed by atoms with Crippen LogP contribution in [0.15, 0.2) is 40.0 Å². The highest BCUT2D eigenvalue weighted by Gasteiger charge is 2.44. The van der Waals surface area contributed by atoms with E-state index in [0.717, 1.165) is 32.9 Å².